The van der Waals surface area contributed by atoms with Crippen LogP contribution >= 0.6 is 0 Å². The third-order valence-electron chi connectivity index (χ3n) is 2.87. The fraction of sp³-hybridized carbons (Fsp3) is 0.900. The fourth-order valence-corrected chi connectivity index (χ4v) is 1.81. The lowest BCUT2D eigenvalue weighted by molar-refractivity contribution is -0.126. The second-order valence-corrected chi connectivity index (χ2v) is 4.19. The number of carbonyl (C=O) groups excluding carboxylic acids is 1. The Hall–Kier alpha value is -0.650. The molecule has 1 atom stereocenters. The van der Waals surface area contributed by atoms with Gasteiger partial charge in [-0.2, -0.15) is 0 Å². The van der Waals surface area contributed by atoms with Gasteiger partial charge in [0, 0.05) is 18.5 Å². The number of hydrogen-bond donors (Lipinski definition) is 4. The van der Waals surface area contributed by atoms with Gasteiger partial charge in [-0.3, -0.25) is 4.79 Å². The van der Waals surface area contributed by atoms with Gasteiger partial charge in [0.15, 0.2) is 0 Å². The molecule has 1 amide bonds. The molecule has 0 heterocycles. The normalized spacial score (nSPS) is 28.5. The van der Waals surface area contributed by atoms with Gasteiger partial charge in [0.1, 0.15) is 0 Å². The zero-order chi connectivity index (χ0) is 11.3. The van der Waals surface area contributed by atoms with Crippen LogP contribution in [0, 0.1) is 5.92 Å². The van der Waals surface area contributed by atoms with Gasteiger partial charge in [0.25, 0.3) is 0 Å². The summed E-state index contributed by atoms with van der Waals surface area (Å²) in [6.07, 6.45) is 2.56. The van der Waals surface area contributed by atoms with Crippen LogP contribution in [0.4, 0.5) is 0 Å². The van der Waals surface area contributed by atoms with Crippen molar-refractivity contribution in [2.75, 3.05) is 13.2 Å². The van der Waals surface area contributed by atoms with Crippen molar-refractivity contribution in [1.82, 2.24) is 5.32 Å². The first-order valence-electron chi connectivity index (χ1n) is 5.45. The van der Waals surface area contributed by atoms with Crippen molar-refractivity contribution in [3.05, 3.63) is 0 Å². The molecular weight excluding hydrogens is 196 g/mol. The van der Waals surface area contributed by atoms with Gasteiger partial charge in [-0.1, -0.05) is 0 Å². The van der Waals surface area contributed by atoms with Gasteiger partial charge in [-0.15, -0.1) is 0 Å². The lowest BCUT2D eigenvalue weighted by atomic mass is 9.86. The zero-order valence-corrected chi connectivity index (χ0v) is 8.85. The van der Waals surface area contributed by atoms with Crippen molar-refractivity contribution in [3.63, 3.8) is 0 Å². The molecule has 0 saturated heterocycles. The van der Waals surface area contributed by atoms with E-state index in [0.29, 0.717) is 0 Å². The highest BCUT2D eigenvalue weighted by Gasteiger charge is 2.24. The van der Waals surface area contributed by atoms with Crippen molar-refractivity contribution in [2.45, 2.75) is 37.8 Å². The van der Waals surface area contributed by atoms with Crippen molar-refractivity contribution >= 4 is 5.91 Å². The summed E-state index contributed by atoms with van der Waals surface area (Å²) >= 11 is 0. The summed E-state index contributed by atoms with van der Waals surface area (Å²) in [5, 5.41) is 20.3. The first-order valence-corrected chi connectivity index (χ1v) is 5.45. The molecule has 1 saturated carbocycles. The lowest BCUT2D eigenvalue weighted by Gasteiger charge is -2.25. The molecule has 0 bridgehead atoms. The maximum absolute atomic E-state index is 11.6. The molecule has 0 aromatic rings. The standard InChI is InChI=1S/C10H20N2O3/c11-8-3-1-7(2-4-8)10(15)12-5-9(14)6-13/h7-9,13-14H,1-6,11H2,(H,12,15)/t7?,8?,9-/m1/s1. The SMILES string of the molecule is NC1CCC(C(=O)NC[C@@H](O)CO)CC1. The van der Waals surface area contributed by atoms with Crippen LogP contribution in [0.3, 0.4) is 0 Å². The maximum Gasteiger partial charge on any atom is 0.223 e. The predicted molar refractivity (Wildman–Crippen MR) is 56.0 cm³/mol. The Balaban J connectivity index is 2.22. The maximum atomic E-state index is 11.6. The number of nitrogens with two attached hydrogens (primary N) is 1. The molecule has 88 valence electrons. The zero-order valence-electron chi connectivity index (χ0n) is 8.85. The number of hydrogen-bond acceptors (Lipinski definition) is 4. The summed E-state index contributed by atoms with van der Waals surface area (Å²) in [4.78, 5) is 11.6. The third-order valence-corrected chi connectivity index (χ3v) is 2.87. The van der Waals surface area contributed by atoms with Gasteiger partial charge in [-0.05, 0) is 25.7 Å². The lowest BCUT2D eigenvalue weighted by Crippen LogP contribution is -2.40. The Bertz CT molecular complexity index is 203. The first kappa shape index (κ1) is 12.4. The monoisotopic (exact) mass is 216 g/mol. The minimum atomic E-state index is -0.861. The predicted octanol–water partition coefficient (Wildman–Crippen LogP) is -1.03. The van der Waals surface area contributed by atoms with Gasteiger partial charge in [0.05, 0.1) is 12.7 Å². The summed E-state index contributed by atoms with van der Waals surface area (Å²) in [5.41, 5.74) is 5.74. The van der Waals surface area contributed by atoms with Crippen LogP contribution in [-0.2, 0) is 4.79 Å². The van der Waals surface area contributed by atoms with E-state index in [1.54, 1.807) is 0 Å². The molecule has 0 aliphatic heterocycles. The Labute approximate surface area is 89.7 Å². The van der Waals surface area contributed by atoms with E-state index >= 15 is 0 Å². The molecule has 5 N–H and O–H groups in total. The highest BCUT2D eigenvalue weighted by Crippen LogP contribution is 2.22. The van der Waals surface area contributed by atoms with Gasteiger partial charge < -0.3 is 21.3 Å². The number of rotatable bonds is 4. The molecule has 0 spiro atoms. The van der Waals surface area contributed by atoms with E-state index in [9.17, 15) is 4.79 Å². The summed E-state index contributed by atoms with van der Waals surface area (Å²) in [6.45, 7) is -0.201. The Morgan fingerprint density at radius 3 is 2.53 bits per heavy atom. The Morgan fingerprint density at radius 2 is 2.00 bits per heavy atom. The number of nitrogens with one attached hydrogen (secondary N) is 1. The topological polar surface area (TPSA) is 95.6 Å². The largest absolute Gasteiger partial charge is 0.394 e. The molecule has 1 aliphatic carbocycles. The molecule has 0 unspecified atom stereocenters. The van der Waals surface area contributed by atoms with Crippen molar-refractivity contribution in [3.8, 4) is 0 Å². The molecule has 0 aromatic heterocycles. The van der Waals surface area contributed by atoms with E-state index in [-0.39, 0.29) is 31.0 Å². The van der Waals surface area contributed by atoms with E-state index in [0.717, 1.165) is 25.7 Å². The van der Waals surface area contributed by atoms with Crippen LogP contribution in [-0.4, -0.2) is 41.4 Å². The first-order chi connectivity index (χ1) is 7.13. The van der Waals surface area contributed by atoms with Crippen LogP contribution in [0.1, 0.15) is 25.7 Å². The average molecular weight is 216 g/mol. The molecule has 15 heavy (non-hydrogen) atoms. The molecule has 5 heteroatoms. The van der Waals surface area contributed by atoms with Gasteiger partial charge in [-0.25, -0.2) is 0 Å². The molecule has 1 aliphatic rings. The van der Waals surface area contributed by atoms with Crippen molar-refractivity contribution < 1.29 is 15.0 Å². The smallest absolute Gasteiger partial charge is 0.223 e. The van der Waals surface area contributed by atoms with E-state index < -0.39 is 6.10 Å². The van der Waals surface area contributed by atoms with Crippen LogP contribution in [0.25, 0.3) is 0 Å². The third kappa shape index (κ3) is 4.15. The van der Waals surface area contributed by atoms with E-state index in [2.05, 4.69) is 5.32 Å². The average Bonchev–Trinajstić information content (AvgIpc) is 2.26. The molecule has 0 radical (unpaired) electrons. The minimum Gasteiger partial charge on any atom is -0.394 e. The second kappa shape index (κ2) is 6.05. The summed E-state index contributed by atoms with van der Waals surface area (Å²) in [7, 11) is 0. The van der Waals surface area contributed by atoms with Crippen molar-refractivity contribution in [2.24, 2.45) is 11.7 Å². The number of amides is 1. The highest BCUT2D eigenvalue weighted by molar-refractivity contribution is 5.78. The quantitative estimate of drug-likeness (QED) is 0.483. The molecular formula is C10H20N2O3. The molecule has 0 aromatic carbocycles. The van der Waals surface area contributed by atoms with E-state index in [4.69, 9.17) is 15.9 Å². The second-order valence-electron chi connectivity index (χ2n) is 4.19. The summed E-state index contributed by atoms with van der Waals surface area (Å²) in [6, 6.07) is 0.233. The highest BCUT2D eigenvalue weighted by atomic mass is 16.3. The number of aliphatic hydroxyl groups excluding tert-OH is 2. The van der Waals surface area contributed by atoms with E-state index in [1.807, 2.05) is 0 Å². The van der Waals surface area contributed by atoms with E-state index in [1.165, 1.54) is 0 Å². The molecule has 1 fully saturated rings. The summed E-state index contributed by atoms with van der Waals surface area (Å²) in [5.74, 6) is -0.00917. The Kier molecular flexibility index (Phi) is 5.01. The van der Waals surface area contributed by atoms with Crippen LogP contribution < -0.4 is 11.1 Å². The number of aliphatic hydroxyl groups is 2. The van der Waals surface area contributed by atoms with Crippen LogP contribution in [0.15, 0.2) is 0 Å². The Morgan fingerprint density at radius 1 is 1.40 bits per heavy atom. The number of carbonyl (C=O) groups is 1. The summed E-state index contributed by atoms with van der Waals surface area (Å²) < 4.78 is 0. The van der Waals surface area contributed by atoms with Crippen LogP contribution in [0.2, 0.25) is 0 Å². The fourth-order valence-electron chi connectivity index (χ4n) is 1.81. The minimum absolute atomic E-state index is 0.0238. The molecule has 5 nitrogen and oxygen atoms in total. The van der Waals surface area contributed by atoms with Gasteiger partial charge in [0.2, 0.25) is 5.91 Å². The molecule has 1 rings (SSSR count). The van der Waals surface area contributed by atoms with Crippen molar-refractivity contribution in [1.29, 1.82) is 0 Å². The van der Waals surface area contributed by atoms with Crippen LogP contribution in [0.5, 0.6) is 0 Å². The van der Waals surface area contributed by atoms with Gasteiger partial charge >= 0.3 is 0 Å².